The fourth-order valence-corrected chi connectivity index (χ4v) is 1.37. The Morgan fingerprint density at radius 3 is 2.56 bits per heavy atom. The van der Waals surface area contributed by atoms with E-state index in [1.54, 1.807) is 12.1 Å². The van der Waals surface area contributed by atoms with Crippen molar-refractivity contribution in [3.8, 4) is 0 Å². The molecule has 88 valence electrons. The minimum atomic E-state index is -0.243. The second kappa shape index (κ2) is 7.01. The highest BCUT2D eigenvalue weighted by atomic mass is 16.5. The van der Waals surface area contributed by atoms with Crippen molar-refractivity contribution >= 4 is 5.97 Å². The first-order chi connectivity index (χ1) is 7.77. The standard InChI is InChI=1S/C13H19NO2/c1-2-3-10-16-13(15)12-6-4-11(5-7-12)8-9-14/h4-7H,2-3,8-10,14H2,1H3. The summed E-state index contributed by atoms with van der Waals surface area (Å²) >= 11 is 0. The van der Waals surface area contributed by atoms with Crippen molar-refractivity contribution < 1.29 is 9.53 Å². The number of unbranched alkanes of at least 4 members (excludes halogenated alkanes) is 1. The maximum absolute atomic E-state index is 11.5. The molecular weight excluding hydrogens is 202 g/mol. The summed E-state index contributed by atoms with van der Waals surface area (Å²) in [5.41, 5.74) is 7.20. The normalized spacial score (nSPS) is 10.1. The van der Waals surface area contributed by atoms with Crippen LogP contribution in [0.4, 0.5) is 0 Å². The van der Waals surface area contributed by atoms with Gasteiger partial charge in [-0.25, -0.2) is 4.79 Å². The van der Waals surface area contributed by atoms with Crippen LogP contribution >= 0.6 is 0 Å². The summed E-state index contributed by atoms with van der Waals surface area (Å²) < 4.78 is 5.10. The van der Waals surface area contributed by atoms with Crippen molar-refractivity contribution in [2.24, 2.45) is 5.73 Å². The van der Waals surface area contributed by atoms with E-state index in [9.17, 15) is 4.79 Å². The van der Waals surface area contributed by atoms with E-state index in [1.165, 1.54) is 0 Å². The molecule has 1 rings (SSSR count). The number of ether oxygens (including phenoxy) is 1. The number of hydrogen-bond acceptors (Lipinski definition) is 3. The summed E-state index contributed by atoms with van der Waals surface area (Å²) in [6.45, 7) is 3.19. The Kier molecular flexibility index (Phi) is 5.57. The van der Waals surface area contributed by atoms with Crippen LogP contribution in [0.5, 0.6) is 0 Å². The lowest BCUT2D eigenvalue weighted by molar-refractivity contribution is 0.0500. The predicted octanol–water partition coefficient (Wildman–Crippen LogP) is 2.14. The first kappa shape index (κ1) is 12.7. The minimum absolute atomic E-state index is 0.243. The highest BCUT2D eigenvalue weighted by Crippen LogP contribution is 2.06. The molecule has 0 aliphatic heterocycles. The van der Waals surface area contributed by atoms with E-state index in [-0.39, 0.29) is 5.97 Å². The highest BCUT2D eigenvalue weighted by Gasteiger charge is 2.05. The van der Waals surface area contributed by atoms with Gasteiger partial charge in [-0.3, -0.25) is 0 Å². The number of hydrogen-bond donors (Lipinski definition) is 1. The molecule has 0 saturated carbocycles. The van der Waals surface area contributed by atoms with E-state index in [0.29, 0.717) is 18.7 Å². The molecule has 0 unspecified atom stereocenters. The molecule has 0 amide bonds. The van der Waals surface area contributed by atoms with Crippen LogP contribution in [-0.4, -0.2) is 19.1 Å². The molecule has 1 aromatic carbocycles. The lowest BCUT2D eigenvalue weighted by Gasteiger charge is -2.04. The quantitative estimate of drug-likeness (QED) is 0.591. The molecule has 0 aliphatic carbocycles. The number of esters is 1. The molecule has 0 radical (unpaired) electrons. The van der Waals surface area contributed by atoms with Crippen LogP contribution in [0, 0.1) is 0 Å². The number of benzene rings is 1. The molecule has 0 heterocycles. The van der Waals surface area contributed by atoms with Gasteiger partial charge in [0.2, 0.25) is 0 Å². The lowest BCUT2D eigenvalue weighted by atomic mass is 10.1. The fraction of sp³-hybridized carbons (Fsp3) is 0.462. The van der Waals surface area contributed by atoms with Crippen molar-refractivity contribution in [2.45, 2.75) is 26.2 Å². The Hall–Kier alpha value is -1.35. The number of nitrogens with two attached hydrogens (primary N) is 1. The van der Waals surface area contributed by atoms with Crippen LogP contribution in [0.1, 0.15) is 35.7 Å². The summed E-state index contributed by atoms with van der Waals surface area (Å²) in [6, 6.07) is 7.42. The van der Waals surface area contributed by atoms with E-state index in [0.717, 1.165) is 24.8 Å². The van der Waals surface area contributed by atoms with Gasteiger partial charge >= 0.3 is 5.97 Å². The van der Waals surface area contributed by atoms with E-state index >= 15 is 0 Å². The van der Waals surface area contributed by atoms with Gasteiger partial charge in [-0.1, -0.05) is 25.5 Å². The second-order valence-electron chi connectivity index (χ2n) is 3.73. The minimum Gasteiger partial charge on any atom is -0.462 e. The monoisotopic (exact) mass is 221 g/mol. The largest absolute Gasteiger partial charge is 0.462 e. The van der Waals surface area contributed by atoms with Crippen molar-refractivity contribution in [1.82, 2.24) is 0 Å². The van der Waals surface area contributed by atoms with Gasteiger partial charge in [-0.15, -0.1) is 0 Å². The van der Waals surface area contributed by atoms with Gasteiger partial charge in [0.15, 0.2) is 0 Å². The molecule has 3 heteroatoms. The predicted molar refractivity (Wildman–Crippen MR) is 64.4 cm³/mol. The third-order valence-corrected chi connectivity index (χ3v) is 2.35. The van der Waals surface area contributed by atoms with E-state index < -0.39 is 0 Å². The number of carbonyl (C=O) groups is 1. The van der Waals surface area contributed by atoms with Gasteiger partial charge in [0.25, 0.3) is 0 Å². The second-order valence-corrected chi connectivity index (χ2v) is 3.73. The van der Waals surface area contributed by atoms with E-state index in [2.05, 4.69) is 6.92 Å². The highest BCUT2D eigenvalue weighted by molar-refractivity contribution is 5.89. The molecule has 0 spiro atoms. The Morgan fingerprint density at radius 2 is 2.00 bits per heavy atom. The number of carbonyl (C=O) groups excluding carboxylic acids is 1. The molecule has 2 N–H and O–H groups in total. The Labute approximate surface area is 96.6 Å². The first-order valence-electron chi connectivity index (χ1n) is 5.74. The lowest BCUT2D eigenvalue weighted by Crippen LogP contribution is -2.07. The van der Waals surface area contributed by atoms with Gasteiger partial charge < -0.3 is 10.5 Å². The third kappa shape index (κ3) is 4.03. The SMILES string of the molecule is CCCCOC(=O)c1ccc(CCN)cc1. The van der Waals surface area contributed by atoms with Gasteiger partial charge in [0, 0.05) is 0 Å². The maximum Gasteiger partial charge on any atom is 0.338 e. The average molecular weight is 221 g/mol. The van der Waals surface area contributed by atoms with Crippen molar-refractivity contribution in [3.63, 3.8) is 0 Å². The summed E-state index contributed by atoms with van der Waals surface area (Å²) in [7, 11) is 0. The molecule has 1 aromatic rings. The van der Waals surface area contributed by atoms with Gasteiger partial charge in [-0.05, 0) is 37.1 Å². The summed E-state index contributed by atoms with van der Waals surface area (Å²) in [4.78, 5) is 11.5. The molecule has 16 heavy (non-hydrogen) atoms. The Bertz CT molecular complexity index is 319. The van der Waals surface area contributed by atoms with E-state index in [1.807, 2.05) is 12.1 Å². The molecule has 0 saturated heterocycles. The molecule has 0 bridgehead atoms. The average Bonchev–Trinajstić information content (AvgIpc) is 2.30. The van der Waals surface area contributed by atoms with Crippen LogP contribution in [0.25, 0.3) is 0 Å². The molecule has 0 aromatic heterocycles. The van der Waals surface area contributed by atoms with Crippen molar-refractivity contribution in [1.29, 1.82) is 0 Å². The third-order valence-electron chi connectivity index (χ3n) is 2.35. The Balaban J connectivity index is 2.49. The summed E-state index contributed by atoms with van der Waals surface area (Å²) in [5.74, 6) is -0.243. The molecule has 0 aliphatic rings. The van der Waals surface area contributed by atoms with Gasteiger partial charge in [0.1, 0.15) is 0 Å². The fourth-order valence-electron chi connectivity index (χ4n) is 1.37. The zero-order valence-corrected chi connectivity index (χ0v) is 9.74. The Morgan fingerprint density at radius 1 is 1.31 bits per heavy atom. The molecule has 0 fully saturated rings. The first-order valence-corrected chi connectivity index (χ1v) is 5.74. The van der Waals surface area contributed by atoms with Crippen LogP contribution in [-0.2, 0) is 11.2 Å². The summed E-state index contributed by atoms with van der Waals surface area (Å²) in [5, 5.41) is 0. The molecule has 0 atom stereocenters. The van der Waals surface area contributed by atoms with Crippen LogP contribution in [0.2, 0.25) is 0 Å². The summed E-state index contributed by atoms with van der Waals surface area (Å²) in [6.07, 6.45) is 2.78. The van der Waals surface area contributed by atoms with Gasteiger partial charge in [0.05, 0.1) is 12.2 Å². The van der Waals surface area contributed by atoms with Crippen LogP contribution in [0.3, 0.4) is 0 Å². The number of rotatable bonds is 6. The maximum atomic E-state index is 11.5. The van der Waals surface area contributed by atoms with Crippen molar-refractivity contribution in [2.75, 3.05) is 13.2 Å². The zero-order chi connectivity index (χ0) is 11.8. The molecule has 3 nitrogen and oxygen atoms in total. The van der Waals surface area contributed by atoms with Crippen molar-refractivity contribution in [3.05, 3.63) is 35.4 Å². The zero-order valence-electron chi connectivity index (χ0n) is 9.74. The van der Waals surface area contributed by atoms with Crippen LogP contribution in [0.15, 0.2) is 24.3 Å². The van der Waals surface area contributed by atoms with Gasteiger partial charge in [-0.2, -0.15) is 0 Å². The molecular formula is C13H19NO2. The smallest absolute Gasteiger partial charge is 0.338 e. The van der Waals surface area contributed by atoms with Crippen LogP contribution < -0.4 is 5.73 Å². The topological polar surface area (TPSA) is 52.3 Å². The van der Waals surface area contributed by atoms with E-state index in [4.69, 9.17) is 10.5 Å².